The van der Waals surface area contributed by atoms with Crippen LogP contribution in [0.3, 0.4) is 0 Å². The number of hydrogen-bond donors (Lipinski definition) is 0. The quantitative estimate of drug-likeness (QED) is 0.290. The lowest BCUT2D eigenvalue weighted by atomic mass is 10.2. The summed E-state index contributed by atoms with van der Waals surface area (Å²) >= 11 is 0. The smallest absolute Gasteiger partial charge is 0.166 e. The summed E-state index contributed by atoms with van der Waals surface area (Å²) in [5.41, 5.74) is 8.22. The zero-order valence-electron chi connectivity index (χ0n) is 19.1. The van der Waals surface area contributed by atoms with Gasteiger partial charge in [0, 0.05) is 22.7 Å². The molecule has 0 aliphatic carbocycles. The van der Waals surface area contributed by atoms with E-state index in [9.17, 15) is 0 Å². The molecule has 5 heterocycles. The molecule has 168 valence electrons. The van der Waals surface area contributed by atoms with Crippen molar-refractivity contribution in [2.75, 3.05) is 0 Å². The van der Waals surface area contributed by atoms with E-state index < -0.39 is 0 Å². The number of para-hydroxylation sites is 3. The van der Waals surface area contributed by atoms with Crippen molar-refractivity contribution >= 4 is 55.2 Å². The van der Waals surface area contributed by atoms with Crippen molar-refractivity contribution in [1.82, 2.24) is 29.1 Å². The zero-order valence-corrected chi connectivity index (χ0v) is 19.1. The first-order valence-corrected chi connectivity index (χ1v) is 11.8. The van der Waals surface area contributed by atoms with Crippen molar-refractivity contribution in [2.45, 2.75) is 0 Å². The van der Waals surface area contributed by atoms with E-state index in [2.05, 4.69) is 62.6 Å². The summed E-state index contributed by atoms with van der Waals surface area (Å²) < 4.78 is 4.31. The van der Waals surface area contributed by atoms with Crippen molar-refractivity contribution in [3.8, 4) is 11.5 Å². The molecule has 3 aromatic carbocycles. The molecule has 0 radical (unpaired) electrons. The highest BCUT2D eigenvalue weighted by molar-refractivity contribution is 6.12. The van der Waals surface area contributed by atoms with Crippen molar-refractivity contribution < 1.29 is 0 Å². The highest BCUT2D eigenvalue weighted by atomic mass is 15.2. The largest absolute Gasteiger partial charge is 0.293 e. The third-order valence-electron chi connectivity index (χ3n) is 6.77. The average molecular weight is 463 g/mol. The van der Waals surface area contributed by atoms with Gasteiger partial charge in [-0.3, -0.25) is 14.1 Å². The molecule has 0 N–H and O–H groups in total. The molecule has 0 amide bonds. The molecule has 6 nitrogen and oxygen atoms in total. The van der Waals surface area contributed by atoms with E-state index in [4.69, 9.17) is 15.0 Å². The number of benzene rings is 3. The van der Waals surface area contributed by atoms with Gasteiger partial charge in [0.25, 0.3) is 0 Å². The minimum absolute atomic E-state index is 0.787. The molecule has 36 heavy (non-hydrogen) atoms. The first-order chi connectivity index (χ1) is 17.9. The van der Waals surface area contributed by atoms with Crippen LogP contribution >= 0.6 is 0 Å². The van der Waals surface area contributed by atoms with Crippen LogP contribution in [0.15, 0.2) is 109 Å². The summed E-state index contributed by atoms with van der Waals surface area (Å²) in [6, 6.07) is 34.9. The lowest BCUT2D eigenvalue weighted by Gasteiger charge is -2.08. The lowest BCUT2D eigenvalue weighted by molar-refractivity contribution is 1.07. The molecule has 0 saturated carbocycles. The van der Waals surface area contributed by atoms with Crippen molar-refractivity contribution in [3.63, 3.8) is 0 Å². The number of pyridine rings is 2. The SMILES string of the molecule is c1ccc(-n2c3ccccc3c3nc4c(nc32)c2ccccc2n4-c2ccc3ncccc3n2)cc1. The fourth-order valence-corrected chi connectivity index (χ4v) is 5.20. The molecule has 0 atom stereocenters. The third kappa shape index (κ3) is 2.61. The van der Waals surface area contributed by atoms with Crippen LogP contribution in [0.4, 0.5) is 0 Å². The van der Waals surface area contributed by atoms with Crippen LogP contribution in [-0.2, 0) is 0 Å². The Morgan fingerprint density at radius 2 is 1.11 bits per heavy atom. The third-order valence-corrected chi connectivity index (χ3v) is 6.77. The predicted octanol–water partition coefficient (Wildman–Crippen LogP) is 6.61. The van der Waals surface area contributed by atoms with Gasteiger partial charge < -0.3 is 0 Å². The number of fused-ring (bicyclic) bond motifs is 7. The highest BCUT2D eigenvalue weighted by Gasteiger charge is 2.21. The molecule has 8 aromatic rings. The van der Waals surface area contributed by atoms with Crippen LogP contribution in [0.2, 0.25) is 0 Å². The second-order valence-corrected chi connectivity index (χ2v) is 8.82. The molecule has 8 rings (SSSR count). The highest BCUT2D eigenvalue weighted by Crippen LogP contribution is 2.35. The average Bonchev–Trinajstić information content (AvgIpc) is 3.44. The van der Waals surface area contributed by atoms with Gasteiger partial charge in [-0.2, -0.15) is 0 Å². The number of aromatic nitrogens is 6. The fraction of sp³-hybridized carbons (Fsp3) is 0. The van der Waals surface area contributed by atoms with E-state index >= 15 is 0 Å². The normalized spacial score (nSPS) is 11.9. The monoisotopic (exact) mass is 462 g/mol. The maximum absolute atomic E-state index is 5.27. The summed E-state index contributed by atoms with van der Waals surface area (Å²) in [5, 5.41) is 2.11. The summed E-state index contributed by atoms with van der Waals surface area (Å²) in [6.07, 6.45) is 1.79. The standard InChI is InChI=1S/C30H18N6/c1-2-9-19(10-3-1)35-24-14-6-4-11-20(24)27-29(35)33-28-21-12-5-7-15-25(21)36(30(28)34-27)26-17-16-22-23(32-26)13-8-18-31-22/h1-18H. The van der Waals surface area contributed by atoms with Crippen LogP contribution < -0.4 is 0 Å². The molecule has 0 spiro atoms. The number of nitrogens with zero attached hydrogens (tertiary/aromatic N) is 6. The van der Waals surface area contributed by atoms with Gasteiger partial charge in [-0.15, -0.1) is 0 Å². The van der Waals surface area contributed by atoms with Crippen molar-refractivity contribution in [2.24, 2.45) is 0 Å². The Morgan fingerprint density at radius 1 is 0.472 bits per heavy atom. The molecular weight excluding hydrogens is 444 g/mol. The van der Waals surface area contributed by atoms with Crippen LogP contribution in [0, 0.1) is 0 Å². The van der Waals surface area contributed by atoms with Crippen LogP contribution in [0.1, 0.15) is 0 Å². The first-order valence-electron chi connectivity index (χ1n) is 11.8. The second kappa shape index (κ2) is 7.20. The molecule has 0 aliphatic rings. The Kier molecular flexibility index (Phi) is 3.85. The molecule has 0 unspecified atom stereocenters. The van der Waals surface area contributed by atoms with Crippen molar-refractivity contribution in [3.05, 3.63) is 109 Å². The maximum Gasteiger partial charge on any atom is 0.166 e. The van der Waals surface area contributed by atoms with Crippen LogP contribution in [0.25, 0.3) is 66.7 Å². The van der Waals surface area contributed by atoms with Crippen molar-refractivity contribution in [1.29, 1.82) is 0 Å². The van der Waals surface area contributed by atoms with Gasteiger partial charge in [-0.1, -0.05) is 54.6 Å². The summed E-state index contributed by atoms with van der Waals surface area (Å²) in [5.74, 6) is 0.794. The minimum atomic E-state index is 0.787. The van der Waals surface area contributed by atoms with E-state index in [1.165, 1.54) is 0 Å². The Labute approximate surface area is 205 Å². The van der Waals surface area contributed by atoms with E-state index in [-0.39, 0.29) is 0 Å². The molecule has 0 saturated heterocycles. The zero-order chi connectivity index (χ0) is 23.6. The summed E-state index contributed by atoms with van der Waals surface area (Å²) in [7, 11) is 0. The van der Waals surface area contributed by atoms with Gasteiger partial charge >= 0.3 is 0 Å². The lowest BCUT2D eigenvalue weighted by Crippen LogP contribution is -2.00. The van der Waals surface area contributed by atoms with Gasteiger partial charge in [-0.05, 0) is 48.5 Å². The Bertz CT molecular complexity index is 2100. The van der Waals surface area contributed by atoms with Gasteiger partial charge in [0.2, 0.25) is 0 Å². The van der Waals surface area contributed by atoms with Gasteiger partial charge in [0.1, 0.15) is 16.9 Å². The summed E-state index contributed by atoms with van der Waals surface area (Å²) in [6.45, 7) is 0. The summed E-state index contributed by atoms with van der Waals surface area (Å²) in [4.78, 5) is 19.9. The van der Waals surface area contributed by atoms with Gasteiger partial charge in [0.15, 0.2) is 11.3 Å². The van der Waals surface area contributed by atoms with Gasteiger partial charge in [-0.25, -0.2) is 15.0 Å². The second-order valence-electron chi connectivity index (χ2n) is 8.82. The molecule has 0 aliphatic heterocycles. The molecule has 5 aromatic heterocycles. The van der Waals surface area contributed by atoms with Gasteiger partial charge in [0.05, 0.1) is 22.1 Å². The Balaban J connectivity index is 1.54. The van der Waals surface area contributed by atoms with Crippen LogP contribution in [0.5, 0.6) is 0 Å². The van der Waals surface area contributed by atoms with Crippen LogP contribution in [-0.4, -0.2) is 29.1 Å². The van der Waals surface area contributed by atoms with E-state index in [0.717, 1.165) is 66.7 Å². The maximum atomic E-state index is 5.27. The molecule has 0 fully saturated rings. The Hall–Kier alpha value is -5.10. The predicted molar refractivity (Wildman–Crippen MR) is 144 cm³/mol. The molecule has 0 bridgehead atoms. The first kappa shape index (κ1) is 19.2. The number of hydrogen-bond acceptors (Lipinski definition) is 4. The molecular formula is C30H18N6. The van der Waals surface area contributed by atoms with E-state index in [1.54, 1.807) is 6.20 Å². The topological polar surface area (TPSA) is 61.4 Å². The Morgan fingerprint density at radius 3 is 1.86 bits per heavy atom. The molecule has 6 heteroatoms. The fourth-order valence-electron chi connectivity index (χ4n) is 5.20. The minimum Gasteiger partial charge on any atom is -0.293 e. The van der Waals surface area contributed by atoms with E-state index in [1.807, 2.05) is 54.6 Å². The van der Waals surface area contributed by atoms with E-state index in [0.29, 0.717) is 0 Å². The number of rotatable bonds is 2.